The maximum absolute atomic E-state index is 11.7. The number of amides is 1. The molecule has 0 saturated carbocycles. The van der Waals surface area contributed by atoms with Gasteiger partial charge in [-0.15, -0.1) is 0 Å². The number of aliphatic carboxylic acids is 2. The first kappa shape index (κ1) is 30.1. The first-order valence-electron chi connectivity index (χ1n) is 8.71. The minimum Gasteiger partial charge on any atom is -0.481 e. The SMILES string of the molecule is CCCCCCCCCCCC(=O)N[C@@H](CCC(=O)O)C(=O)O.[Na].[Na]. The van der Waals surface area contributed by atoms with Gasteiger partial charge in [-0.25, -0.2) is 4.79 Å². The van der Waals surface area contributed by atoms with Crippen LogP contribution in [0.1, 0.15) is 84.0 Å². The summed E-state index contributed by atoms with van der Waals surface area (Å²) in [6, 6.07) is -1.11. The fourth-order valence-electron chi connectivity index (χ4n) is 2.39. The second kappa shape index (κ2) is 20.7. The Balaban J connectivity index is -0.00000242. The van der Waals surface area contributed by atoms with Crippen LogP contribution in [0.4, 0.5) is 0 Å². The summed E-state index contributed by atoms with van der Waals surface area (Å²) in [6.45, 7) is 2.20. The summed E-state index contributed by atoms with van der Waals surface area (Å²) in [5.74, 6) is -2.57. The third kappa shape index (κ3) is 20.6. The maximum Gasteiger partial charge on any atom is 0.326 e. The van der Waals surface area contributed by atoms with Gasteiger partial charge in [-0.3, -0.25) is 9.59 Å². The summed E-state index contributed by atoms with van der Waals surface area (Å²) < 4.78 is 0. The number of carboxylic acid groups (broad SMARTS) is 2. The quantitative estimate of drug-likeness (QED) is 0.301. The van der Waals surface area contributed by atoms with Crippen molar-refractivity contribution >= 4 is 77.0 Å². The van der Waals surface area contributed by atoms with Crippen molar-refractivity contribution in [3.63, 3.8) is 0 Å². The molecule has 0 aliphatic carbocycles. The van der Waals surface area contributed by atoms with Crippen molar-refractivity contribution in [2.45, 2.75) is 90.0 Å². The Morgan fingerprint density at radius 2 is 1.28 bits per heavy atom. The Bertz CT molecular complexity index is 367. The molecule has 0 rings (SSSR count). The summed E-state index contributed by atoms with van der Waals surface area (Å²) in [6.07, 6.45) is 10.3. The van der Waals surface area contributed by atoms with Crippen LogP contribution in [0.3, 0.4) is 0 Å². The first-order chi connectivity index (χ1) is 11.0. The average Bonchev–Trinajstić information content (AvgIpc) is 2.49. The molecule has 0 saturated heterocycles. The molecule has 1 amide bonds. The van der Waals surface area contributed by atoms with E-state index < -0.39 is 18.0 Å². The Morgan fingerprint density at radius 1 is 0.800 bits per heavy atom. The molecule has 0 aliphatic rings. The summed E-state index contributed by atoms with van der Waals surface area (Å²) in [4.78, 5) is 33.1. The van der Waals surface area contributed by atoms with Gasteiger partial charge in [0, 0.05) is 72.0 Å². The molecule has 136 valence electrons. The van der Waals surface area contributed by atoms with E-state index in [0.717, 1.165) is 19.3 Å². The third-order valence-electron chi connectivity index (χ3n) is 3.79. The van der Waals surface area contributed by atoms with Crippen LogP contribution in [0.2, 0.25) is 0 Å². The van der Waals surface area contributed by atoms with Crippen molar-refractivity contribution in [1.82, 2.24) is 5.32 Å². The van der Waals surface area contributed by atoms with Crippen LogP contribution >= 0.6 is 0 Å². The minimum absolute atomic E-state index is 0. The normalized spacial score (nSPS) is 10.9. The molecule has 0 aliphatic heterocycles. The van der Waals surface area contributed by atoms with Gasteiger partial charge in [0.25, 0.3) is 0 Å². The van der Waals surface area contributed by atoms with E-state index in [-0.39, 0.29) is 77.9 Å². The predicted octanol–water partition coefficient (Wildman–Crippen LogP) is 2.58. The molecule has 0 heterocycles. The molecule has 6 nitrogen and oxygen atoms in total. The number of unbranched alkanes of at least 4 members (excludes halogenated alkanes) is 8. The number of hydrogen-bond acceptors (Lipinski definition) is 3. The molecule has 3 N–H and O–H groups in total. The van der Waals surface area contributed by atoms with E-state index in [1.54, 1.807) is 0 Å². The maximum atomic E-state index is 11.7. The van der Waals surface area contributed by atoms with E-state index in [1.165, 1.54) is 38.5 Å². The van der Waals surface area contributed by atoms with Crippen molar-refractivity contribution in [2.75, 3.05) is 0 Å². The number of nitrogens with one attached hydrogen (secondary N) is 1. The predicted molar refractivity (Wildman–Crippen MR) is 99.8 cm³/mol. The van der Waals surface area contributed by atoms with E-state index >= 15 is 0 Å². The number of carbonyl (C=O) groups is 3. The Kier molecular flexibility index (Phi) is 25.0. The molecule has 0 fully saturated rings. The van der Waals surface area contributed by atoms with Gasteiger partial charge in [0.15, 0.2) is 0 Å². The van der Waals surface area contributed by atoms with Gasteiger partial charge in [0.05, 0.1) is 0 Å². The van der Waals surface area contributed by atoms with E-state index in [4.69, 9.17) is 10.2 Å². The van der Waals surface area contributed by atoms with Crippen LogP contribution < -0.4 is 5.32 Å². The average molecular weight is 375 g/mol. The number of carboxylic acids is 2. The van der Waals surface area contributed by atoms with Gasteiger partial charge >= 0.3 is 11.9 Å². The Labute approximate surface area is 195 Å². The monoisotopic (exact) mass is 375 g/mol. The summed E-state index contributed by atoms with van der Waals surface area (Å²) in [7, 11) is 0. The van der Waals surface area contributed by atoms with Crippen LogP contribution in [0.5, 0.6) is 0 Å². The largest absolute Gasteiger partial charge is 0.481 e. The molecule has 0 aromatic heterocycles. The summed E-state index contributed by atoms with van der Waals surface area (Å²) >= 11 is 0. The van der Waals surface area contributed by atoms with Crippen LogP contribution in [0.25, 0.3) is 0 Å². The van der Waals surface area contributed by atoms with E-state index in [0.29, 0.717) is 6.42 Å². The molecule has 8 heteroatoms. The number of hydrogen-bond donors (Lipinski definition) is 3. The minimum atomic E-state index is -1.19. The van der Waals surface area contributed by atoms with Crippen molar-refractivity contribution in [3.8, 4) is 0 Å². The number of rotatable bonds is 15. The van der Waals surface area contributed by atoms with Gasteiger partial charge < -0.3 is 15.5 Å². The molecule has 0 bridgehead atoms. The molecule has 0 unspecified atom stereocenters. The molecular weight excluding hydrogens is 344 g/mol. The fourth-order valence-corrected chi connectivity index (χ4v) is 2.39. The molecule has 0 aromatic rings. The molecule has 25 heavy (non-hydrogen) atoms. The summed E-state index contributed by atoms with van der Waals surface area (Å²) in [5.41, 5.74) is 0. The second-order valence-electron chi connectivity index (χ2n) is 5.97. The first-order valence-corrected chi connectivity index (χ1v) is 8.71. The molecular formula is C17H31NNa2O5. The van der Waals surface area contributed by atoms with E-state index in [1.807, 2.05) is 0 Å². The second-order valence-corrected chi connectivity index (χ2v) is 5.97. The molecule has 0 aromatic carbocycles. The van der Waals surface area contributed by atoms with Crippen LogP contribution in [0.15, 0.2) is 0 Å². The van der Waals surface area contributed by atoms with E-state index in [9.17, 15) is 14.4 Å². The Hall–Kier alpha value is 0.410. The van der Waals surface area contributed by atoms with Gasteiger partial charge in [-0.05, 0) is 12.8 Å². The zero-order valence-corrected chi connectivity index (χ0v) is 20.2. The fraction of sp³-hybridized carbons (Fsp3) is 0.824. The topological polar surface area (TPSA) is 104 Å². The van der Waals surface area contributed by atoms with E-state index in [2.05, 4.69) is 12.2 Å². The number of carbonyl (C=O) groups excluding carboxylic acids is 1. The Morgan fingerprint density at radius 3 is 1.72 bits per heavy atom. The molecule has 1 atom stereocenters. The van der Waals surface area contributed by atoms with Crippen molar-refractivity contribution in [3.05, 3.63) is 0 Å². The van der Waals surface area contributed by atoms with Crippen LogP contribution in [-0.4, -0.2) is 93.2 Å². The van der Waals surface area contributed by atoms with Crippen molar-refractivity contribution in [1.29, 1.82) is 0 Å². The van der Waals surface area contributed by atoms with Gasteiger partial charge in [-0.2, -0.15) is 0 Å². The zero-order chi connectivity index (χ0) is 17.5. The van der Waals surface area contributed by atoms with Gasteiger partial charge in [0.2, 0.25) is 5.91 Å². The van der Waals surface area contributed by atoms with Gasteiger partial charge in [-0.1, -0.05) is 58.3 Å². The third-order valence-corrected chi connectivity index (χ3v) is 3.79. The summed E-state index contributed by atoms with van der Waals surface area (Å²) in [5, 5.41) is 19.9. The smallest absolute Gasteiger partial charge is 0.326 e. The van der Waals surface area contributed by atoms with Crippen LogP contribution in [-0.2, 0) is 14.4 Å². The van der Waals surface area contributed by atoms with Crippen molar-refractivity contribution < 1.29 is 24.6 Å². The van der Waals surface area contributed by atoms with Crippen LogP contribution in [0, 0.1) is 0 Å². The standard InChI is InChI=1S/C17H31NO5.2Na/c1-2-3-4-5-6-7-8-9-10-11-15(19)18-14(17(22)23)12-13-16(20)21;;/h14H,2-13H2,1H3,(H,18,19)(H,20,21)(H,22,23);;/t14-;;/m0../s1. The van der Waals surface area contributed by atoms with Gasteiger partial charge in [0.1, 0.15) is 6.04 Å². The zero-order valence-electron chi connectivity index (χ0n) is 16.2. The van der Waals surface area contributed by atoms with Crippen molar-refractivity contribution in [2.24, 2.45) is 0 Å². The molecule has 0 spiro atoms. The molecule has 2 radical (unpaired) electrons.